The van der Waals surface area contributed by atoms with Crippen molar-refractivity contribution in [2.24, 2.45) is 5.92 Å². The lowest BCUT2D eigenvalue weighted by molar-refractivity contribution is -0.149. The first-order chi connectivity index (χ1) is 14.5. The second-order valence-electron chi connectivity index (χ2n) is 8.24. The average Bonchev–Trinajstić information content (AvgIpc) is 2.75. The van der Waals surface area contributed by atoms with Crippen LogP contribution in [0.2, 0.25) is 0 Å². The number of benzene rings is 1. The minimum atomic E-state index is -0.134. The van der Waals surface area contributed by atoms with E-state index < -0.39 is 0 Å². The van der Waals surface area contributed by atoms with Crippen molar-refractivity contribution in [3.05, 3.63) is 29.8 Å². The third-order valence-electron chi connectivity index (χ3n) is 5.92. The lowest BCUT2D eigenvalue weighted by atomic mass is 9.95. The monoisotopic (exact) mass is 415 g/mol. The van der Waals surface area contributed by atoms with Crippen molar-refractivity contribution in [1.29, 1.82) is 0 Å². The highest BCUT2D eigenvalue weighted by molar-refractivity contribution is 5.97. The van der Waals surface area contributed by atoms with Gasteiger partial charge < -0.3 is 15.4 Å². The van der Waals surface area contributed by atoms with Gasteiger partial charge in [0.05, 0.1) is 19.1 Å². The minimum Gasteiger partial charge on any atom is -0.466 e. The van der Waals surface area contributed by atoms with E-state index in [0.717, 1.165) is 25.7 Å². The Labute approximate surface area is 178 Å². The van der Waals surface area contributed by atoms with Gasteiger partial charge in [0.2, 0.25) is 5.91 Å². The zero-order valence-electron chi connectivity index (χ0n) is 17.8. The number of amides is 2. The van der Waals surface area contributed by atoms with Crippen molar-refractivity contribution >= 4 is 23.5 Å². The van der Waals surface area contributed by atoms with Crippen LogP contribution in [0.25, 0.3) is 0 Å². The Bertz CT molecular complexity index is 738. The normalized spacial score (nSPS) is 18.6. The van der Waals surface area contributed by atoms with Gasteiger partial charge in [-0.25, -0.2) is 0 Å². The van der Waals surface area contributed by atoms with Gasteiger partial charge in [0.25, 0.3) is 5.91 Å². The summed E-state index contributed by atoms with van der Waals surface area (Å²) < 4.78 is 5.09. The van der Waals surface area contributed by atoms with Crippen LogP contribution in [0.1, 0.15) is 62.2 Å². The molecule has 1 aromatic rings. The van der Waals surface area contributed by atoms with Crippen LogP contribution in [-0.2, 0) is 14.3 Å². The van der Waals surface area contributed by atoms with Crippen molar-refractivity contribution in [3.63, 3.8) is 0 Å². The summed E-state index contributed by atoms with van der Waals surface area (Å²) in [6.45, 7) is 3.88. The molecule has 1 saturated heterocycles. The molecule has 3 rings (SSSR count). The lowest BCUT2D eigenvalue weighted by Crippen LogP contribution is -2.41. The second kappa shape index (κ2) is 11.1. The summed E-state index contributed by atoms with van der Waals surface area (Å²) in [7, 11) is 0. The number of rotatable bonds is 7. The summed E-state index contributed by atoms with van der Waals surface area (Å²) in [5, 5.41) is 6.00. The van der Waals surface area contributed by atoms with Gasteiger partial charge in [-0.2, -0.15) is 0 Å². The highest BCUT2D eigenvalue weighted by Gasteiger charge is 2.26. The molecule has 2 amide bonds. The summed E-state index contributed by atoms with van der Waals surface area (Å²) in [6, 6.07) is 7.33. The van der Waals surface area contributed by atoms with E-state index in [0.29, 0.717) is 43.8 Å². The van der Waals surface area contributed by atoms with Crippen LogP contribution in [-0.4, -0.2) is 55.0 Å². The summed E-state index contributed by atoms with van der Waals surface area (Å²) in [5.74, 6) is -0.401. The van der Waals surface area contributed by atoms with E-state index in [-0.39, 0.29) is 36.3 Å². The fourth-order valence-corrected chi connectivity index (χ4v) is 4.24. The van der Waals surface area contributed by atoms with Crippen molar-refractivity contribution < 1.29 is 19.1 Å². The standard InChI is InChI=1S/C23H33N3O4/c1-2-30-23(29)17-11-13-26(14-12-17)16-21(27)24-20-10-6-7-18(15-20)22(28)25-19-8-4-3-5-9-19/h6-7,10,15,17,19H,2-5,8-9,11-14,16H2,1H3,(H,24,27)(H,25,28). The molecule has 0 aromatic heterocycles. The molecule has 0 radical (unpaired) electrons. The minimum absolute atomic E-state index is 0.0661. The van der Waals surface area contributed by atoms with Crippen LogP contribution in [0.15, 0.2) is 24.3 Å². The molecular weight excluding hydrogens is 382 g/mol. The summed E-state index contributed by atoms with van der Waals surface area (Å²) in [4.78, 5) is 38.9. The van der Waals surface area contributed by atoms with E-state index in [9.17, 15) is 14.4 Å². The zero-order valence-corrected chi connectivity index (χ0v) is 17.8. The Morgan fingerprint density at radius 3 is 2.50 bits per heavy atom. The number of carbonyl (C=O) groups is 3. The highest BCUT2D eigenvalue weighted by atomic mass is 16.5. The molecule has 0 bridgehead atoms. The molecule has 164 valence electrons. The number of ether oxygens (including phenoxy) is 1. The fourth-order valence-electron chi connectivity index (χ4n) is 4.24. The molecule has 1 aliphatic heterocycles. The van der Waals surface area contributed by atoms with E-state index in [4.69, 9.17) is 4.74 Å². The Morgan fingerprint density at radius 2 is 1.80 bits per heavy atom. The van der Waals surface area contributed by atoms with Crippen molar-refractivity contribution in [2.45, 2.75) is 57.9 Å². The van der Waals surface area contributed by atoms with Crippen molar-refractivity contribution in [1.82, 2.24) is 10.2 Å². The fraction of sp³-hybridized carbons (Fsp3) is 0.609. The highest BCUT2D eigenvalue weighted by Crippen LogP contribution is 2.20. The molecule has 2 fully saturated rings. The summed E-state index contributed by atoms with van der Waals surface area (Å²) in [6.07, 6.45) is 7.07. The molecule has 0 unspecified atom stereocenters. The number of hydrogen-bond acceptors (Lipinski definition) is 5. The average molecular weight is 416 g/mol. The number of nitrogens with one attached hydrogen (secondary N) is 2. The van der Waals surface area contributed by atoms with E-state index in [1.54, 1.807) is 24.3 Å². The third kappa shape index (κ3) is 6.55. The smallest absolute Gasteiger partial charge is 0.309 e. The summed E-state index contributed by atoms with van der Waals surface area (Å²) >= 11 is 0. The van der Waals surface area contributed by atoms with Gasteiger partial charge in [-0.15, -0.1) is 0 Å². The number of esters is 1. The molecule has 30 heavy (non-hydrogen) atoms. The van der Waals surface area contributed by atoms with Gasteiger partial charge in [0.1, 0.15) is 0 Å². The largest absolute Gasteiger partial charge is 0.466 e. The Hall–Kier alpha value is -2.41. The van der Waals surface area contributed by atoms with Crippen molar-refractivity contribution in [2.75, 3.05) is 31.6 Å². The van der Waals surface area contributed by atoms with E-state index >= 15 is 0 Å². The third-order valence-corrected chi connectivity index (χ3v) is 5.92. The number of anilines is 1. The molecule has 2 aliphatic rings. The topological polar surface area (TPSA) is 87.7 Å². The molecular formula is C23H33N3O4. The van der Waals surface area contributed by atoms with Gasteiger partial charge in [-0.1, -0.05) is 25.3 Å². The lowest BCUT2D eigenvalue weighted by Gasteiger charge is -2.30. The molecule has 1 aliphatic carbocycles. The maximum Gasteiger partial charge on any atom is 0.309 e. The summed E-state index contributed by atoms with van der Waals surface area (Å²) in [5.41, 5.74) is 1.19. The quantitative estimate of drug-likeness (QED) is 0.669. The van der Waals surface area contributed by atoms with Gasteiger partial charge in [-0.3, -0.25) is 19.3 Å². The molecule has 2 N–H and O–H groups in total. The molecule has 7 heteroatoms. The van der Waals surface area contributed by atoms with E-state index in [2.05, 4.69) is 10.6 Å². The molecule has 1 heterocycles. The number of nitrogens with zero attached hydrogens (tertiary/aromatic N) is 1. The van der Waals surface area contributed by atoms with Crippen LogP contribution in [0.5, 0.6) is 0 Å². The first-order valence-corrected chi connectivity index (χ1v) is 11.1. The first-order valence-electron chi connectivity index (χ1n) is 11.1. The van der Waals surface area contributed by atoms with Gasteiger partial charge in [-0.05, 0) is 63.9 Å². The predicted molar refractivity (Wildman–Crippen MR) is 115 cm³/mol. The Morgan fingerprint density at radius 1 is 1.07 bits per heavy atom. The van der Waals surface area contributed by atoms with Gasteiger partial charge in [0.15, 0.2) is 0 Å². The number of piperidine rings is 1. The van der Waals surface area contributed by atoms with Crippen LogP contribution in [0, 0.1) is 5.92 Å². The molecule has 7 nitrogen and oxygen atoms in total. The number of hydrogen-bond donors (Lipinski definition) is 2. The molecule has 0 spiro atoms. The van der Waals surface area contributed by atoms with Crippen molar-refractivity contribution in [3.8, 4) is 0 Å². The van der Waals surface area contributed by atoms with Crippen LogP contribution >= 0.6 is 0 Å². The molecule has 1 saturated carbocycles. The number of carbonyl (C=O) groups excluding carboxylic acids is 3. The SMILES string of the molecule is CCOC(=O)C1CCN(CC(=O)Nc2cccc(C(=O)NC3CCCCC3)c2)CC1. The Kier molecular flexibility index (Phi) is 8.25. The van der Waals surface area contributed by atoms with Crippen LogP contribution in [0.4, 0.5) is 5.69 Å². The van der Waals surface area contributed by atoms with Crippen LogP contribution < -0.4 is 10.6 Å². The van der Waals surface area contributed by atoms with Gasteiger partial charge in [0, 0.05) is 17.3 Å². The molecule has 1 aromatic carbocycles. The maximum absolute atomic E-state index is 12.5. The van der Waals surface area contributed by atoms with Crippen LogP contribution in [0.3, 0.4) is 0 Å². The zero-order chi connectivity index (χ0) is 21.3. The maximum atomic E-state index is 12.5. The number of likely N-dealkylation sites (tertiary alicyclic amines) is 1. The predicted octanol–water partition coefficient (Wildman–Crippen LogP) is 2.96. The van der Waals surface area contributed by atoms with E-state index in [1.165, 1.54) is 6.42 Å². The molecule has 0 atom stereocenters. The second-order valence-corrected chi connectivity index (χ2v) is 8.24. The van der Waals surface area contributed by atoms with E-state index in [1.807, 2.05) is 11.8 Å². The first kappa shape index (κ1) is 22.3. The van der Waals surface area contributed by atoms with Gasteiger partial charge >= 0.3 is 5.97 Å². The Balaban J connectivity index is 1.46.